The maximum Gasteiger partial charge on any atom is 0.253 e. The molecule has 1 atom stereocenters. The summed E-state index contributed by atoms with van der Waals surface area (Å²) in [5, 5.41) is 3.27. The summed E-state index contributed by atoms with van der Waals surface area (Å²) in [4.78, 5) is 17.3. The van der Waals surface area contributed by atoms with Crippen molar-refractivity contribution in [3.63, 3.8) is 0 Å². The Morgan fingerprint density at radius 3 is 2.74 bits per heavy atom. The highest BCUT2D eigenvalue weighted by Gasteiger charge is 2.38. The summed E-state index contributed by atoms with van der Waals surface area (Å²) in [5.74, 6) is -0.347. The Kier molecular flexibility index (Phi) is 5.21. The normalized spacial score (nSPS) is 18.6. The number of sulfonamides is 1. The Balaban J connectivity index is 1.59. The number of carbonyl (C=O) groups is 1. The number of nitrogens with one attached hydrogen (secondary N) is 1. The molecule has 6 nitrogen and oxygen atoms in total. The van der Waals surface area contributed by atoms with Gasteiger partial charge in [0.15, 0.2) is 5.13 Å². The molecule has 0 saturated carbocycles. The van der Waals surface area contributed by atoms with Crippen LogP contribution in [0.2, 0.25) is 4.34 Å². The summed E-state index contributed by atoms with van der Waals surface area (Å²) >= 11 is 8.27. The summed E-state index contributed by atoms with van der Waals surface area (Å²) in [6.45, 7) is 0.315. The second kappa shape index (κ2) is 7.48. The van der Waals surface area contributed by atoms with Gasteiger partial charge in [-0.05, 0) is 37.1 Å². The average molecular weight is 442 g/mol. The smallest absolute Gasteiger partial charge is 0.253 e. The fourth-order valence-electron chi connectivity index (χ4n) is 3.12. The zero-order valence-corrected chi connectivity index (χ0v) is 17.3. The van der Waals surface area contributed by atoms with Gasteiger partial charge < -0.3 is 5.32 Å². The molecular formula is C17H16ClN3O3S3. The molecular weight excluding hydrogens is 426 g/mol. The molecule has 0 unspecified atom stereocenters. The molecule has 1 N–H and O–H groups in total. The van der Waals surface area contributed by atoms with E-state index in [0.29, 0.717) is 22.4 Å². The van der Waals surface area contributed by atoms with Crippen LogP contribution in [0.5, 0.6) is 0 Å². The average Bonchev–Trinajstić information content (AvgIpc) is 3.27. The number of thiazole rings is 1. The quantitative estimate of drug-likeness (QED) is 0.658. The van der Waals surface area contributed by atoms with Gasteiger partial charge in [-0.15, -0.1) is 11.3 Å². The molecule has 1 aliphatic rings. The first kappa shape index (κ1) is 18.8. The first-order chi connectivity index (χ1) is 12.9. The predicted octanol–water partition coefficient (Wildman–Crippen LogP) is 4.19. The monoisotopic (exact) mass is 441 g/mol. The van der Waals surface area contributed by atoms with Crippen molar-refractivity contribution >= 4 is 65.6 Å². The third-order valence-corrected chi connectivity index (χ3v) is 8.95. The van der Waals surface area contributed by atoms with Crippen LogP contribution in [0.15, 0.2) is 40.6 Å². The second-order valence-electron chi connectivity index (χ2n) is 6.16. The zero-order chi connectivity index (χ0) is 19.0. The third kappa shape index (κ3) is 3.74. The number of hydrogen-bond acceptors (Lipinski definition) is 6. The molecule has 2 aromatic heterocycles. The van der Waals surface area contributed by atoms with Crippen LogP contribution in [0.3, 0.4) is 0 Å². The number of piperidine rings is 1. The van der Waals surface area contributed by atoms with Crippen LogP contribution >= 0.6 is 34.3 Å². The summed E-state index contributed by atoms with van der Waals surface area (Å²) < 4.78 is 28.8. The van der Waals surface area contributed by atoms with Crippen molar-refractivity contribution in [2.75, 3.05) is 11.9 Å². The van der Waals surface area contributed by atoms with Crippen LogP contribution in [0.4, 0.5) is 5.13 Å². The van der Waals surface area contributed by atoms with Crippen LogP contribution < -0.4 is 5.32 Å². The van der Waals surface area contributed by atoms with Gasteiger partial charge in [-0.25, -0.2) is 13.4 Å². The molecule has 0 aliphatic carbocycles. The van der Waals surface area contributed by atoms with E-state index in [-0.39, 0.29) is 10.1 Å². The van der Waals surface area contributed by atoms with Crippen molar-refractivity contribution < 1.29 is 13.2 Å². The van der Waals surface area contributed by atoms with Crippen molar-refractivity contribution in [2.24, 2.45) is 0 Å². The number of para-hydroxylation sites is 1. The summed E-state index contributed by atoms with van der Waals surface area (Å²) in [5.41, 5.74) is 0.805. The maximum atomic E-state index is 13.0. The lowest BCUT2D eigenvalue weighted by molar-refractivity contribution is -0.120. The van der Waals surface area contributed by atoms with Gasteiger partial charge in [0.05, 0.1) is 14.6 Å². The van der Waals surface area contributed by atoms with Gasteiger partial charge >= 0.3 is 0 Å². The van der Waals surface area contributed by atoms with Gasteiger partial charge in [0.25, 0.3) is 10.0 Å². The van der Waals surface area contributed by atoms with Gasteiger partial charge in [-0.1, -0.05) is 41.5 Å². The number of fused-ring (bicyclic) bond motifs is 1. The van der Waals surface area contributed by atoms with Gasteiger partial charge in [-0.2, -0.15) is 4.31 Å². The maximum absolute atomic E-state index is 13.0. The fraction of sp³-hybridized carbons (Fsp3) is 0.294. The Morgan fingerprint density at radius 1 is 1.19 bits per heavy atom. The van der Waals surface area contributed by atoms with E-state index < -0.39 is 16.1 Å². The van der Waals surface area contributed by atoms with E-state index in [1.165, 1.54) is 21.7 Å². The highest BCUT2D eigenvalue weighted by atomic mass is 35.5. The molecule has 4 rings (SSSR count). The van der Waals surface area contributed by atoms with Crippen LogP contribution in [0, 0.1) is 0 Å². The molecule has 142 valence electrons. The molecule has 27 heavy (non-hydrogen) atoms. The fourth-order valence-corrected chi connectivity index (χ4v) is 7.26. The molecule has 10 heteroatoms. The van der Waals surface area contributed by atoms with Crippen LogP contribution in [-0.4, -0.2) is 36.2 Å². The Morgan fingerprint density at radius 2 is 2.00 bits per heavy atom. The highest BCUT2D eigenvalue weighted by Crippen LogP contribution is 2.32. The van der Waals surface area contributed by atoms with Gasteiger partial charge in [0.1, 0.15) is 10.3 Å². The van der Waals surface area contributed by atoms with Crippen molar-refractivity contribution in [1.82, 2.24) is 9.29 Å². The summed E-state index contributed by atoms with van der Waals surface area (Å²) in [7, 11) is -3.76. The number of carbonyl (C=O) groups excluding carboxylic acids is 1. The minimum absolute atomic E-state index is 0.159. The molecule has 1 fully saturated rings. The lowest BCUT2D eigenvalue weighted by Crippen LogP contribution is -2.49. The summed E-state index contributed by atoms with van der Waals surface area (Å²) in [6.07, 6.45) is 2.01. The number of halogens is 1. The number of benzene rings is 1. The van der Waals surface area contributed by atoms with Gasteiger partial charge in [-0.3, -0.25) is 4.79 Å². The molecule has 1 saturated heterocycles. The number of nitrogens with zero attached hydrogens (tertiary/aromatic N) is 2. The number of thiophene rings is 1. The Bertz CT molecular complexity index is 1060. The number of hydrogen-bond donors (Lipinski definition) is 1. The third-order valence-electron chi connectivity index (χ3n) is 4.39. The lowest BCUT2D eigenvalue weighted by atomic mass is 10.0. The van der Waals surface area contributed by atoms with Crippen molar-refractivity contribution in [1.29, 1.82) is 0 Å². The zero-order valence-electron chi connectivity index (χ0n) is 14.1. The highest BCUT2D eigenvalue weighted by molar-refractivity contribution is 7.91. The predicted molar refractivity (Wildman–Crippen MR) is 109 cm³/mol. The van der Waals surface area contributed by atoms with E-state index >= 15 is 0 Å². The van der Waals surface area contributed by atoms with Crippen LogP contribution in [0.25, 0.3) is 10.2 Å². The van der Waals surface area contributed by atoms with Crippen molar-refractivity contribution in [3.05, 3.63) is 40.7 Å². The molecule has 1 aliphatic heterocycles. The van der Waals surface area contributed by atoms with Crippen molar-refractivity contribution in [2.45, 2.75) is 29.5 Å². The number of rotatable bonds is 4. The van der Waals surface area contributed by atoms with E-state index in [4.69, 9.17) is 11.6 Å². The summed E-state index contributed by atoms with van der Waals surface area (Å²) in [6, 6.07) is 9.89. The number of aromatic nitrogens is 1. The topological polar surface area (TPSA) is 79.4 Å². The molecule has 3 aromatic rings. The van der Waals surface area contributed by atoms with Gasteiger partial charge in [0.2, 0.25) is 5.91 Å². The minimum atomic E-state index is -3.76. The Hall–Kier alpha value is -1.52. The molecule has 0 bridgehead atoms. The lowest BCUT2D eigenvalue weighted by Gasteiger charge is -2.32. The molecule has 0 radical (unpaired) electrons. The first-order valence-electron chi connectivity index (χ1n) is 8.39. The molecule has 3 heterocycles. The largest absolute Gasteiger partial charge is 0.301 e. The van der Waals surface area contributed by atoms with Crippen molar-refractivity contribution in [3.8, 4) is 0 Å². The number of amides is 1. The van der Waals surface area contributed by atoms with E-state index in [1.54, 1.807) is 6.07 Å². The van der Waals surface area contributed by atoms with Crippen LogP contribution in [0.1, 0.15) is 19.3 Å². The first-order valence-corrected chi connectivity index (χ1v) is 11.8. The Labute approximate surface area is 169 Å². The van der Waals surface area contributed by atoms with Crippen LogP contribution in [-0.2, 0) is 14.8 Å². The minimum Gasteiger partial charge on any atom is -0.301 e. The number of anilines is 1. The molecule has 0 spiro atoms. The standard InChI is InChI=1S/C17H16ClN3O3S3/c18-14-8-9-15(26-14)27(23,24)21-10-4-3-6-12(21)16(22)20-17-19-11-5-1-2-7-13(11)25-17/h1-2,5,7-9,12H,3-4,6,10H2,(H,19,20,22)/t12-/m1/s1. The van der Waals surface area contributed by atoms with E-state index in [9.17, 15) is 13.2 Å². The van der Waals surface area contributed by atoms with E-state index in [1.807, 2.05) is 24.3 Å². The van der Waals surface area contributed by atoms with E-state index in [2.05, 4.69) is 10.3 Å². The van der Waals surface area contributed by atoms with Gasteiger partial charge in [0, 0.05) is 6.54 Å². The SMILES string of the molecule is O=C(Nc1nc2ccccc2s1)[C@H]1CCCCN1S(=O)(=O)c1ccc(Cl)s1. The van der Waals surface area contributed by atoms with E-state index in [0.717, 1.165) is 34.4 Å². The molecule has 1 aromatic carbocycles. The molecule has 1 amide bonds. The second-order valence-corrected chi connectivity index (χ2v) is 11.0.